The SMILES string of the molecule is NC[C@]1(F)CN[C@H](C(=O)NCc2c(F)ccc(Cl)c2F)C1. The van der Waals surface area contributed by atoms with E-state index in [1.807, 2.05) is 0 Å². The molecule has 2 atom stereocenters. The van der Waals surface area contributed by atoms with Crippen molar-refractivity contribution in [2.24, 2.45) is 5.73 Å². The van der Waals surface area contributed by atoms with Crippen molar-refractivity contribution in [2.75, 3.05) is 13.1 Å². The average molecular weight is 322 g/mol. The lowest BCUT2D eigenvalue weighted by molar-refractivity contribution is -0.123. The molecule has 8 heteroatoms. The number of alkyl halides is 1. The normalized spacial score (nSPS) is 25.1. The molecule has 0 bridgehead atoms. The first-order chi connectivity index (χ1) is 9.86. The van der Waals surface area contributed by atoms with E-state index in [4.69, 9.17) is 17.3 Å². The number of hydrogen-bond donors (Lipinski definition) is 3. The van der Waals surface area contributed by atoms with Crippen molar-refractivity contribution >= 4 is 17.5 Å². The summed E-state index contributed by atoms with van der Waals surface area (Å²) < 4.78 is 41.0. The minimum atomic E-state index is -1.63. The van der Waals surface area contributed by atoms with Gasteiger partial charge in [-0.25, -0.2) is 13.2 Å². The fraction of sp³-hybridized carbons (Fsp3) is 0.462. The number of halogens is 4. The van der Waals surface area contributed by atoms with E-state index in [1.165, 1.54) is 0 Å². The molecule has 0 spiro atoms. The molecular weight excluding hydrogens is 307 g/mol. The van der Waals surface area contributed by atoms with Crippen LogP contribution < -0.4 is 16.4 Å². The molecule has 1 amide bonds. The van der Waals surface area contributed by atoms with Crippen LogP contribution in [0.15, 0.2) is 12.1 Å². The van der Waals surface area contributed by atoms with Gasteiger partial charge in [-0.05, 0) is 12.1 Å². The summed E-state index contributed by atoms with van der Waals surface area (Å²) in [5, 5.41) is 4.83. The number of carbonyl (C=O) groups excluding carboxylic acids is 1. The molecule has 1 saturated heterocycles. The second-order valence-corrected chi connectivity index (χ2v) is 5.44. The molecule has 1 fully saturated rings. The Hall–Kier alpha value is -1.31. The summed E-state index contributed by atoms with van der Waals surface area (Å²) in [6, 6.07) is 1.33. The van der Waals surface area contributed by atoms with E-state index in [0.29, 0.717) is 0 Å². The summed E-state index contributed by atoms with van der Waals surface area (Å²) in [6.07, 6.45) is -0.0736. The van der Waals surface area contributed by atoms with Crippen molar-refractivity contribution in [1.82, 2.24) is 10.6 Å². The topological polar surface area (TPSA) is 67.1 Å². The van der Waals surface area contributed by atoms with Gasteiger partial charge in [0.1, 0.15) is 17.3 Å². The lowest BCUT2D eigenvalue weighted by atomic mass is 10.0. The predicted molar refractivity (Wildman–Crippen MR) is 72.5 cm³/mol. The maximum absolute atomic E-state index is 13.9. The van der Waals surface area contributed by atoms with Gasteiger partial charge in [0.15, 0.2) is 0 Å². The molecule has 0 saturated carbocycles. The van der Waals surface area contributed by atoms with Gasteiger partial charge in [-0.2, -0.15) is 0 Å². The first kappa shape index (κ1) is 16.1. The highest BCUT2D eigenvalue weighted by molar-refractivity contribution is 6.30. The zero-order valence-electron chi connectivity index (χ0n) is 11.1. The Kier molecular flexibility index (Phi) is 4.75. The Morgan fingerprint density at radius 2 is 2.24 bits per heavy atom. The van der Waals surface area contributed by atoms with Crippen molar-refractivity contribution < 1.29 is 18.0 Å². The number of benzene rings is 1. The van der Waals surface area contributed by atoms with Gasteiger partial charge in [0.2, 0.25) is 5.91 Å². The van der Waals surface area contributed by atoms with Gasteiger partial charge in [-0.3, -0.25) is 4.79 Å². The van der Waals surface area contributed by atoms with Crippen LogP contribution in [-0.2, 0) is 11.3 Å². The van der Waals surface area contributed by atoms with E-state index >= 15 is 0 Å². The molecule has 0 aromatic heterocycles. The Morgan fingerprint density at radius 3 is 2.86 bits per heavy atom. The summed E-state index contributed by atoms with van der Waals surface area (Å²) in [5.41, 5.74) is 3.33. The fourth-order valence-electron chi connectivity index (χ4n) is 2.19. The zero-order valence-corrected chi connectivity index (χ0v) is 11.8. The number of amides is 1. The highest BCUT2D eigenvalue weighted by atomic mass is 35.5. The van der Waals surface area contributed by atoms with Crippen LogP contribution >= 0.6 is 11.6 Å². The van der Waals surface area contributed by atoms with Gasteiger partial charge in [0.25, 0.3) is 0 Å². The van der Waals surface area contributed by atoms with Crippen LogP contribution in [0.4, 0.5) is 13.2 Å². The van der Waals surface area contributed by atoms with Crippen LogP contribution in [0.3, 0.4) is 0 Å². The molecule has 21 heavy (non-hydrogen) atoms. The van der Waals surface area contributed by atoms with Gasteiger partial charge < -0.3 is 16.4 Å². The summed E-state index contributed by atoms with van der Waals surface area (Å²) in [4.78, 5) is 11.9. The number of nitrogens with two attached hydrogens (primary N) is 1. The molecule has 116 valence electrons. The first-order valence-electron chi connectivity index (χ1n) is 6.39. The average Bonchev–Trinajstić information content (AvgIpc) is 2.86. The van der Waals surface area contributed by atoms with E-state index in [9.17, 15) is 18.0 Å². The fourth-order valence-corrected chi connectivity index (χ4v) is 2.36. The lowest BCUT2D eigenvalue weighted by Gasteiger charge is -2.15. The summed E-state index contributed by atoms with van der Waals surface area (Å²) in [5.74, 6) is -2.27. The number of nitrogens with one attached hydrogen (secondary N) is 2. The van der Waals surface area contributed by atoms with Gasteiger partial charge in [0, 0.05) is 31.6 Å². The van der Waals surface area contributed by atoms with E-state index in [0.717, 1.165) is 12.1 Å². The second kappa shape index (κ2) is 6.21. The maximum Gasteiger partial charge on any atom is 0.237 e. The molecular formula is C13H15ClF3N3O. The highest BCUT2D eigenvalue weighted by Gasteiger charge is 2.41. The summed E-state index contributed by atoms with van der Waals surface area (Å²) >= 11 is 5.55. The van der Waals surface area contributed by atoms with Crippen molar-refractivity contribution in [3.8, 4) is 0 Å². The quantitative estimate of drug-likeness (QED) is 0.732. The molecule has 1 aliphatic rings. The highest BCUT2D eigenvalue weighted by Crippen LogP contribution is 2.23. The standard InChI is InChI=1S/C13H15ClF3N3O/c14-8-1-2-9(15)7(11(8)16)4-19-12(21)10-3-13(17,5-18)6-20-10/h1-2,10,20H,3-6,18H2,(H,19,21)/t10-,13-/m0/s1. The van der Waals surface area contributed by atoms with Crippen LogP contribution in [0.1, 0.15) is 12.0 Å². The van der Waals surface area contributed by atoms with E-state index in [1.54, 1.807) is 0 Å². The summed E-state index contributed by atoms with van der Waals surface area (Å²) in [7, 11) is 0. The Labute approximate surface area is 124 Å². The largest absolute Gasteiger partial charge is 0.350 e. The number of rotatable bonds is 4. The third-order valence-corrected chi connectivity index (χ3v) is 3.79. The monoisotopic (exact) mass is 321 g/mol. The molecule has 0 radical (unpaired) electrons. The molecule has 0 aliphatic carbocycles. The van der Waals surface area contributed by atoms with E-state index in [-0.39, 0.29) is 36.6 Å². The molecule has 1 heterocycles. The first-order valence-corrected chi connectivity index (χ1v) is 6.76. The Morgan fingerprint density at radius 1 is 1.52 bits per heavy atom. The van der Waals surface area contributed by atoms with Crippen molar-refractivity contribution in [1.29, 1.82) is 0 Å². The van der Waals surface area contributed by atoms with E-state index < -0.39 is 29.3 Å². The minimum absolute atomic E-state index is 0.0263. The molecule has 4 nitrogen and oxygen atoms in total. The maximum atomic E-state index is 13.9. The smallest absolute Gasteiger partial charge is 0.237 e. The van der Waals surface area contributed by atoms with Gasteiger partial charge in [0.05, 0.1) is 11.1 Å². The lowest BCUT2D eigenvalue weighted by Crippen LogP contribution is -2.40. The van der Waals surface area contributed by atoms with Crippen LogP contribution in [0.5, 0.6) is 0 Å². The van der Waals surface area contributed by atoms with Crippen LogP contribution in [0.2, 0.25) is 5.02 Å². The van der Waals surface area contributed by atoms with Crippen molar-refractivity contribution in [2.45, 2.75) is 24.7 Å². The molecule has 1 aromatic carbocycles. The molecule has 4 N–H and O–H groups in total. The van der Waals surface area contributed by atoms with Gasteiger partial charge >= 0.3 is 0 Å². The number of carbonyl (C=O) groups is 1. The van der Waals surface area contributed by atoms with Gasteiger partial charge in [-0.1, -0.05) is 11.6 Å². The number of hydrogen-bond acceptors (Lipinski definition) is 3. The predicted octanol–water partition coefficient (Wildman–Crippen LogP) is 1.26. The molecule has 1 aromatic rings. The van der Waals surface area contributed by atoms with Crippen molar-refractivity contribution in [3.05, 3.63) is 34.4 Å². The van der Waals surface area contributed by atoms with Crippen LogP contribution in [-0.4, -0.2) is 30.7 Å². The van der Waals surface area contributed by atoms with Crippen molar-refractivity contribution in [3.63, 3.8) is 0 Å². The Balaban J connectivity index is 1.98. The minimum Gasteiger partial charge on any atom is -0.350 e. The molecule has 1 aliphatic heterocycles. The molecule has 0 unspecified atom stereocenters. The second-order valence-electron chi connectivity index (χ2n) is 5.03. The van der Waals surface area contributed by atoms with E-state index in [2.05, 4.69) is 10.6 Å². The third kappa shape index (κ3) is 3.48. The third-order valence-electron chi connectivity index (χ3n) is 3.50. The summed E-state index contributed by atoms with van der Waals surface area (Å²) in [6.45, 7) is -0.583. The zero-order chi connectivity index (χ0) is 15.6. The Bertz CT molecular complexity index is 558. The molecule has 2 rings (SSSR count). The van der Waals surface area contributed by atoms with Crippen LogP contribution in [0, 0.1) is 11.6 Å². The van der Waals surface area contributed by atoms with Crippen LogP contribution in [0.25, 0.3) is 0 Å². The van der Waals surface area contributed by atoms with Gasteiger partial charge in [-0.15, -0.1) is 0 Å².